The summed E-state index contributed by atoms with van der Waals surface area (Å²) in [7, 11) is -3.68. The fourth-order valence-electron chi connectivity index (χ4n) is 4.11. The number of nitrogens with one attached hydrogen (secondary N) is 1. The first-order chi connectivity index (χ1) is 15.4. The number of amides is 1. The topological polar surface area (TPSA) is 99.5 Å². The van der Waals surface area contributed by atoms with Crippen molar-refractivity contribution in [2.45, 2.75) is 42.9 Å². The molecular weight excluding hydrogens is 426 g/mol. The second-order valence-electron chi connectivity index (χ2n) is 8.37. The summed E-state index contributed by atoms with van der Waals surface area (Å²) in [6.07, 6.45) is 3.00. The zero-order chi connectivity index (χ0) is 22.8. The van der Waals surface area contributed by atoms with Crippen LogP contribution in [0.5, 0.6) is 5.75 Å². The quantitative estimate of drug-likeness (QED) is 0.689. The highest BCUT2D eigenvalue weighted by Gasteiger charge is 2.44. The molecule has 0 unspecified atom stereocenters. The molecule has 4 rings (SSSR count). The van der Waals surface area contributed by atoms with Crippen molar-refractivity contribution < 1.29 is 17.9 Å². The molecule has 1 amide bonds. The van der Waals surface area contributed by atoms with E-state index in [2.05, 4.69) is 11.4 Å². The number of hydrogen-bond donors (Lipinski definition) is 1. The third-order valence-electron chi connectivity index (χ3n) is 6.20. The smallest absolute Gasteiger partial charge is 0.243 e. The van der Waals surface area contributed by atoms with E-state index in [1.807, 2.05) is 31.2 Å². The monoisotopic (exact) mass is 453 g/mol. The molecule has 1 atom stereocenters. The Hall–Kier alpha value is -2.89. The number of hydrogen-bond acceptors (Lipinski definition) is 5. The van der Waals surface area contributed by atoms with E-state index < -0.39 is 15.9 Å². The number of anilines is 1. The van der Waals surface area contributed by atoms with Crippen LogP contribution >= 0.6 is 0 Å². The van der Waals surface area contributed by atoms with Gasteiger partial charge in [0.15, 0.2) is 0 Å². The second-order valence-corrected chi connectivity index (χ2v) is 10.3. The van der Waals surface area contributed by atoms with Gasteiger partial charge in [-0.15, -0.1) is 0 Å². The Kier molecular flexibility index (Phi) is 6.22. The molecule has 2 aliphatic rings. The first-order valence-corrected chi connectivity index (χ1v) is 12.4. The van der Waals surface area contributed by atoms with Gasteiger partial charge in [0.1, 0.15) is 5.75 Å². The lowest BCUT2D eigenvalue weighted by Gasteiger charge is -2.31. The molecule has 1 saturated heterocycles. The van der Waals surface area contributed by atoms with Gasteiger partial charge in [-0.3, -0.25) is 4.79 Å². The molecule has 1 N–H and O–H groups in total. The molecule has 2 aromatic rings. The van der Waals surface area contributed by atoms with Crippen molar-refractivity contribution in [3.8, 4) is 11.8 Å². The van der Waals surface area contributed by atoms with Gasteiger partial charge < -0.3 is 10.1 Å². The van der Waals surface area contributed by atoms with Crippen LogP contribution in [0.3, 0.4) is 0 Å². The van der Waals surface area contributed by atoms with Crippen LogP contribution in [-0.2, 0) is 20.2 Å². The van der Waals surface area contributed by atoms with Gasteiger partial charge in [-0.25, -0.2) is 8.42 Å². The minimum Gasteiger partial charge on any atom is -0.494 e. The largest absolute Gasteiger partial charge is 0.494 e. The molecule has 2 fully saturated rings. The number of benzene rings is 2. The average molecular weight is 454 g/mol. The normalized spacial score (nSPS) is 20.2. The summed E-state index contributed by atoms with van der Waals surface area (Å²) in [5.74, 6) is 0.0105. The van der Waals surface area contributed by atoms with Gasteiger partial charge in [-0.2, -0.15) is 9.57 Å². The van der Waals surface area contributed by atoms with Crippen LogP contribution < -0.4 is 10.1 Å². The Morgan fingerprint density at radius 3 is 2.47 bits per heavy atom. The second kappa shape index (κ2) is 8.93. The van der Waals surface area contributed by atoms with Gasteiger partial charge in [0.2, 0.25) is 15.9 Å². The molecule has 1 aliphatic carbocycles. The third-order valence-corrected chi connectivity index (χ3v) is 8.08. The van der Waals surface area contributed by atoms with Crippen LogP contribution in [0.2, 0.25) is 0 Å². The number of nitriles is 1. The lowest BCUT2D eigenvalue weighted by molar-refractivity contribution is -0.120. The van der Waals surface area contributed by atoms with Crippen molar-refractivity contribution >= 4 is 21.6 Å². The number of rotatable bonds is 7. The van der Waals surface area contributed by atoms with Crippen LogP contribution in [0.15, 0.2) is 53.4 Å². The first kappa shape index (κ1) is 22.3. The first-order valence-electron chi connectivity index (χ1n) is 10.9. The van der Waals surface area contributed by atoms with E-state index in [0.717, 1.165) is 18.4 Å². The average Bonchev–Trinajstić information content (AvgIpc) is 3.62. The lowest BCUT2D eigenvalue weighted by atomic mass is 9.97. The van der Waals surface area contributed by atoms with Crippen molar-refractivity contribution in [1.82, 2.24) is 4.31 Å². The summed E-state index contributed by atoms with van der Waals surface area (Å²) in [6.45, 7) is 2.92. The van der Waals surface area contributed by atoms with Gasteiger partial charge in [0, 0.05) is 18.8 Å². The summed E-state index contributed by atoms with van der Waals surface area (Å²) in [5.41, 5.74) is 1.27. The van der Waals surface area contributed by atoms with E-state index in [-0.39, 0.29) is 22.8 Å². The molecule has 1 aliphatic heterocycles. The standard InChI is InChI=1S/C24H27N3O4S/c1-2-31-21-9-11-22(12-10-21)32(29,30)27-15-3-4-18(16-27)23(28)26-20-7-5-19(6-8-20)24(17-25)13-14-24/h5-12,18H,2-4,13-16H2,1H3,(H,26,28)/t18-/m1/s1. The van der Waals surface area contributed by atoms with Gasteiger partial charge in [-0.05, 0) is 74.6 Å². The predicted octanol–water partition coefficient (Wildman–Crippen LogP) is 3.68. The fourth-order valence-corrected chi connectivity index (χ4v) is 5.63. The van der Waals surface area contributed by atoms with E-state index in [4.69, 9.17) is 4.74 Å². The summed E-state index contributed by atoms with van der Waals surface area (Å²) in [5, 5.41) is 12.2. The predicted molar refractivity (Wildman–Crippen MR) is 121 cm³/mol. The van der Waals surface area contributed by atoms with E-state index >= 15 is 0 Å². The molecule has 7 nitrogen and oxygen atoms in total. The van der Waals surface area contributed by atoms with E-state index in [1.165, 1.54) is 4.31 Å². The van der Waals surface area contributed by atoms with Crippen LogP contribution in [-0.4, -0.2) is 38.3 Å². The highest BCUT2D eigenvalue weighted by atomic mass is 32.2. The van der Waals surface area contributed by atoms with Gasteiger partial charge in [0.25, 0.3) is 0 Å². The van der Waals surface area contributed by atoms with Gasteiger partial charge in [-0.1, -0.05) is 12.1 Å². The Morgan fingerprint density at radius 1 is 1.19 bits per heavy atom. The molecule has 0 aromatic heterocycles. The van der Waals surface area contributed by atoms with Crippen molar-refractivity contribution in [1.29, 1.82) is 5.26 Å². The minimum absolute atomic E-state index is 0.150. The van der Waals surface area contributed by atoms with Crippen LogP contribution in [0.4, 0.5) is 5.69 Å². The SMILES string of the molecule is CCOc1ccc(S(=O)(=O)N2CCC[C@@H](C(=O)Nc3ccc(C4(C#N)CC4)cc3)C2)cc1. The van der Waals surface area contributed by atoms with E-state index in [0.29, 0.717) is 37.4 Å². The Bertz CT molecular complexity index is 1120. The minimum atomic E-state index is -3.68. The molecule has 2 aromatic carbocycles. The number of ether oxygens (including phenoxy) is 1. The third kappa shape index (κ3) is 4.50. The van der Waals surface area contributed by atoms with E-state index in [9.17, 15) is 18.5 Å². The zero-order valence-corrected chi connectivity index (χ0v) is 18.9. The molecule has 1 heterocycles. The molecule has 1 saturated carbocycles. The molecule has 168 valence electrons. The Labute approximate surface area is 189 Å². The Morgan fingerprint density at radius 2 is 1.88 bits per heavy atom. The van der Waals surface area contributed by atoms with Crippen molar-refractivity contribution in [2.24, 2.45) is 5.92 Å². The number of sulfonamides is 1. The van der Waals surface area contributed by atoms with E-state index in [1.54, 1.807) is 24.3 Å². The maximum absolute atomic E-state index is 13.1. The molecule has 32 heavy (non-hydrogen) atoms. The summed E-state index contributed by atoms with van der Waals surface area (Å²) in [6, 6.07) is 16.1. The van der Waals surface area contributed by atoms with Crippen molar-refractivity contribution in [3.05, 3.63) is 54.1 Å². The fraction of sp³-hybridized carbons (Fsp3) is 0.417. The summed E-state index contributed by atoms with van der Waals surface area (Å²) >= 11 is 0. The van der Waals surface area contributed by atoms with Crippen molar-refractivity contribution in [2.75, 3.05) is 25.0 Å². The molecular formula is C24H27N3O4S. The highest BCUT2D eigenvalue weighted by Crippen LogP contribution is 2.47. The number of piperidine rings is 1. The van der Waals surface area contributed by atoms with Crippen LogP contribution in [0.25, 0.3) is 0 Å². The summed E-state index contributed by atoms with van der Waals surface area (Å²) in [4.78, 5) is 13.0. The number of nitrogens with zero attached hydrogens (tertiary/aromatic N) is 2. The van der Waals surface area contributed by atoms with Gasteiger partial charge in [0.05, 0.1) is 28.9 Å². The molecule has 8 heteroatoms. The zero-order valence-electron chi connectivity index (χ0n) is 18.1. The summed E-state index contributed by atoms with van der Waals surface area (Å²) < 4.78 is 32.9. The maximum Gasteiger partial charge on any atom is 0.243 e. The van der Waals surface area contributed by atoms with Crippen LogP contribution in [0, 0.1) is 17.2 Å². The molecule has 0 bridgehead atoms. The number of carbonyl (C=O) groups is 1. The van der Waals surface area contributed by atoms with Crippen LogP contribution in [0.1, 0.15) is 38.2 Å². The van der Waals surface area contributed by atoms with Gasteiger partial charge >= 0.3 is 0 Å². The Balaban J connectivity index is 1.40. The highest BCUT2D eigenvalue weighted by molar-refractivity contribution is 7.89. The van der Waals surface area contributed by atoms with Crippen molar-refractivity contribution in [3.63, 3.8) is 0 Å². The lowest BCUT2D eigenvalue weighted by Crippen LogP contribution is -2.43. The number of carbonyl (C=O) groups excluding carboxylic acids is 1. The maximum atomic E-state index is 13.1. The molecule has 0 spiro atoms. The molecule has 0 radical (unpaired) electrons.